The molecule has 0 fully saturated rings. The minimum atomic E-state index is -0.237. The summed E-state index contributed by atoms with van der Waals surface area (Å²) >= 11 is 0. The van der Waals surface area contributed by atoms with Gasteiger partial charge in [0.2, 0.25) is 5.91 Å². The molecule has 0 saturated carbocycles. The van der Waals surface area contributed by atoms with E-state index >= 15 is 0 Å². The van der Waals surface area contributed by atoms with E-state index in [1.807, 2.05) is 42.5 Å². The Hall–Kier alpha value is -3.74. The number of anilines is 1. The molecule has 7 heteroatoms. The Kier molecular flexibility index (Phi) is 5.18. The maximum absolute atomic E-state index is 12.6. The molecule has 2 aromatic heterocycles. The predicted octanol–water partition coefficient (Wildman–Crippen LogP) is 3.92. The van der Waals surface area contributed by atoms with Crippen molar-refractivity contribution in [3.05, 3.63) is 76.3 Å². The summed E-state index contributed by atoms with van der Waals surface area (Å²) in [5, 5.41) is 2.74. The lowest BCUT2D eigenvalue weighted by Crippen LogP contribution is -2.18. The van der Waals surface area contributed by atoms with Crippen LogP contribution in [0.15, 0.2) is 59.5 Å². The zero-order chi connectivity index (χ0) is 21.3. The normalized spacial score (nSPS) is 11.2. The molecule has 4 rings (SSSR count). The third kappa shape index (κ3) is 3.87. The van der Waals surface area contributed by atoms with Gasteiger partial charge in [0.1, 0.15) is 5.52 Å². The smallest absolute Gasteiger partial charge is 0.326 e. The van der Waals surface area contributed by atoms with E-state index in [0.717, 1.165) is 16.7 Å². The number of nitrogens with one attached hydrogen (secondary N) is 2. The maximum atomic E-state index is 12.6. The van der Waals surface area contributed by atoms with Crippen molar-refractivity contribution >= 4 is 22.8 Å². The number of carbonyl (C=O) groups is 1. The first-order valence-corrected chi connectivity index (χ1v) is 9.84. The van der Waals surface area contributed by atoms with Crippen LogP contribution in [0, 0.1) is 0 Å². The van der Waals surface area contributed by atoms with Crippen molar-refractivity contribution in [1.82, 2.24) is 19.5 Å². The van der Waals surface area contributed by atoms with Crippen LogP contribution in [0.2, 0.25) is 0 Å². The molecule has 0 saturated heterocycles. The lowest BCUT2D eigenvalue weighted by atomic mass is 9.97. The van der Waals surface area contributed by atoms with Gasteiger partial charge in [-0.25, -0.2) is 14.8 Å². The molecule has 0 aliphatic carbocycles. The Bertz CT molecular complexity index is 1270. The third-order valence-corrected chi connectivity index (χ3v) is 4.95. The van der Waals surface area contributed by atoms with E-state index in [4.69, 9.17) is 4.98 Å². The predicted molar refractivity (Wildman–Crippen MR) is 118 cm³/mol. The van der Waals surface area contributed by atoms with Crippen molar-refractivity contribution in [1.29, 1.82) is 0 Å². The number of fused-ring (bicyclic) bond motifs is 1. The molecule has 2 aromatic carbocycles. The first-order valence-electron chi connectivity index (χ1n) is 9.84. The summed E-state index contributed by atoms with van der Waals surface area (Å²) in [6.07, 6.45) is 1.66. The summed E-state index contributed by atoms with van der Waals surface area (Å²) in [7, 11) is 0. The number of amides is 1. The van der Waals surface area contributed by atoms with Gasteiger partial charge in [0.15, 0.2) is 11.5 Å². The summed E-state index contributed by atoms with van der Waals surface area (Å²) in [5.41, 5.74) is 4.70. The van der Waals surface area contributed by atoms with E-state index in [1.54, 1.807) is 10.8 Å². The first-order chi connectivity index (χ1) is 14.4. The van der Waals surface area contributed by atoms with Gasteiger partial charge in [-0.1, -0.05) is 50.2 Å². The molecule has 7 nitrogen and oxygen atoms in total. The van der Waals surface area contributed by atoms with Crippen LogP contribution in [0.1, 0.15) is 37.8 Å². The largest absolute Gasteiger partial charge is 0.328 e. The van der Waals surface area contributed by atoms with E-state index in [9.17, 15) is 9.59 Å². The molecule has 0 atom stereocenters. The number of H-pyrrole nitrogens is 1. The van der Waals surface area contributed by atoms with Gasteiger partial charge >= 0.3 is 5.69 Å². The highest BCUT2D eigenvalue weighted by atomic mass is 16.1. The standard InChI is InChI=1S/C23H23N5O2/c1-14(2)18-6-4-5-7-19(18)21-24-12-20-22(27-21)28(23(30)26-20)13-16-8-10-17(11-9-16)25-15(3)29/h4-12,14H,13H2,1-3H3,(H,25,29)(H,26,30). The van der Waals surface area contributed by atoms with Crippen molar-refractivity contribution in [2.45, 2.75) is 33.2 Å². The van der Waals surface area contributed by atoms with Crippen molar-refractivity contribution in [3.8, 4) is 11.4 Å². The number of hydrogen-bond donors (Lipinski definition) is 2. The molecular weight excluding hydrogens is 378 g/mol. The lowest BCUT2D eigenvalue weighted by Gasteiger charge is -2.11. The minimum Gasteiger partial charge on any atom is -0.326 e. The Morgan fingerprint density at radius 2 is 1.87 bits per heavy atom. The molecule has 2 N–H and O–H groups in total. The molecule has 0 spiro atoms. The van der Waals surface area contributed by atoms with Crippen LogP contribution in [0.25, 0.3) is 22.6 Å². The summed E-state index contributed by atoms with van der Waals surface area (Å²) in [6.45, 7) is 6.10. The Morgan fingerprint density at radius 3 is 2.57 bits per heavy atom. The molecular formula is C23H23N5O2. The number of imidazole rings is 1. The second kappa shape index (κ2) is 7.94. The van der Waals surface area contributed by atoms with Crippen LogP contribution in [0.3, 0.4) is 0 Å². The summed E-state index contributed by atoms with van der Waals surface area (Å²) in [6, 6.07) is 15.5. The van der Waals surface area contributed by atoms with Gasteiger partial charge in [-0.05, 0) is 29.2 Å². The van der Waals surface area contributed by atoms with Gasteiger partial charge in [0, 0.05) is 18.2 Å². The topological polar surface area (TPSA) is 92.7 Å². The van der Waals surface area contributed by atoms with E-state index in [1.165, 1.54) is 6.92 Å². The van der Waals surface area contributed by atoms with Crippen LogP contribution in [-0.2, 0) is 11.3 Å². The number of nitrogens with zero attached hydrogens (tertiary/aromatic N) is 3. The average Bonchev–Trinajstić information content (AvgIpc) is 3.03. The molecule has 0 aliphatic heterocycles. The fraction of sp³-hybridized carbons (Fsp3) is 0.217. The molecule has 152 valence electrons. The number of carbonyl (C=O) groups excluding carboxylic acids is 1. The SMILES string of the molecule is CC(=O)Nc1ccc(Cn2c(=O)[nH]c3cnc(-c4ccccc4C(C)C)nc32)cc1. The van der Waals surface area contributed by atoms with Gasteiger partial charge in [-0.15, -0.1) is 0 Å². The van der Waals surface area contributed by atoms with Gasteiger partial charge < -0.3 is 10.3 Å². The Labute approximate surface area is 173 Å². The van der Waals surface area contributed by atoms with Gasteiger partial charge in [0.05, 0.1) is 12.7 Å². The summed E-state index contributed by atoms with van der Waals surface area (Å²) in [4.78, 5) is 35.8. The first kappa shape index (κ1) is 19.6. The fourth-order valence-electron chi connectivity index (χ4n) is 3.51. The van der Waals surface area contributed by atoms with Crippen LogP contribution in [0.5, 0.6) is 0 Å². The number of benzene rings is 2. The number of hydrogen-bond acceptors (Lipinski definition) is 4. The monoisotopic (exact) mass is 401 g/mol. The van der Waals surface area contributed by atoms with Gasteiger partial charge in [-0.2, -0.15) is 0 Å². The molecule has 0 unspecified atom stereocenters. The third-order valence-electron chi connectivity index (χ3n) is 4.95. The second-order valence-electron chi connectivity index (χ2n) is 7.57. The highest BCUT2D eigenvalue weighted by molar-refractivity contribution is 5.88. The molecule has 30 heavy (non-hydrogen) atoms. The van der Waals surface area contributed by atoms with Crippen molar-refractivity contribution in [3.63, 3.8) is 0 Å². The number of aromatic amines is 1. The van der Waals surface area contributed by atoms with Crippen LogP contribution in [-0.4, -0.2) is 25.4 Å². The number of rotatable bonds is 5. The lowest BCUT2D eigenvalue weighted by molar-refractivity contribution is -0.114. The molecule has 0 bridgehead atoms. The summed E-state index contributed by atoms with van der Waals surface area (Å²) < 4.78 is 1.60. The Balaban J connectivity index is 1.73. The van der Waals surface area contributed by atoms with Gasteiger partial charge in [0.25, 0.3) is 0 Å². The quantitative estimate of drug-likeness (QED) is 0.530. The van der Waals surface area contributed by atoms with Crippen LogP contribution in [0.4, 0.5) is 5.69 Å². The van der Waals surface area contributed by atoms with E-state index in [-0.39, 0.29) is 11.6 Å². The zero-order valence-electron chi connectivity index (χ0n) is 17.1. The van der Waals surface area contributed by atoms with Gasteiger partial charge in [-0.3, -0.25) is 9.36 Å². The van der Waals surface area contributed by atoms with E-state index in [0.29, 0.717) is 35.1 Å². The molecule has 1 amide bonds. The summed E-state index contributed by atoms with van der Waals surface area (Å²) in [5.74, 6) is 0.804. The molecule has 0 radical (unpaired) electrons. The fourth-order valence-corrected chi connectivity index (χ4v) is 3.51. The number of aromatic nitrogens is 4. The van der Waals surface area contributed by atoms with Crippen LogP contribution < -0.4 is 11.0 Å². The highest BCUT2D eigenvalue weighted by Crippen LogP contribution is 2.27. The highest BCUT2D eigenvalue weighted by Gasteiger charge is 2.14. The van der Waals surface area contributed by atoms with Crippen molar-refractivity contribution in [2.24, 2.45) is 0 Å². The zero-order valence-corrected chi connectivity index (χ0v) is 17.1. The molecule has 0 aliphatic rings. The van der Waals surface area contributed by atoms with E-state index in [2.05, 4.69) is 35.2 Å². The van der Waals surface area contributed by atoms with Crippen LogP contribution >= 0.6 is 0 Å². The van der Waals surface area contributed by atoms with Crippen molar-refractivity contribution in [2.75, 3.05) is 5.32 Å². The average molecular weight is 401 g/mol. The second-order valence-corrected chi connectivity index (χ2v) is 7.57. The Morgan fingerprint density at radius 1 is 1.13 bits per heavy atom. The minimum absolute atomic E-state index is 0.124. The molecule has 4 aromatic rings. The van der Waals surface area contributed by atoms with E-state index < -0.39 is 0 Å². The maximum Gasteiger partial charge on any atom is 0.328 e. The van der Waals surface area contributed by atoms with Crippen molar-refractivity contribution < 1.29 is 4.79 Å². The molecule has 2 heterocycles.